The van der Waals surface area contributed by atoms with Gasteiger partial charge in [-0.15, -0.1) is 0 Å². The van der Waals surface area contributed by atoms with E-state index in [1.54, 1.807) is 31.4 Å². The zero-order valence-electron chi connectivity index (χ0n) is 22.7. The van der Waals surface area contributed by atoms with Crippen LogP contribution in [-0.4, -0.2) is 49.2 Å². The van der Waals surface area contributed by atoms with Gasteiger partial charge < -0.3 is 20.9 Å². The molecule has 212 valence electrons. The average Bonchev–Trinajstić information content (AvgIpc) is 2.98. The topological polar surface area (TPSA) is 69.3 Å². The summed E-state index contributed by atoms with van der Waals surface area (Å²) in [6, 6.07) is 17.8. The van der Waals surface area contributed by atoms with Gasteiger partial charge in [0.15, 0.2) is 0 Å². The van der Waals surface area contributed by atoms with Crippen molar-refractivity contribution in [2.24, 2.45) is 0 Å². The molecule has 1 saturated heterocycles. The minimum atomic E-state index is -4.32. The van der Waals surface area contributed by atoms with Crippen molar-refractivity contribution in [2.75, 3.05) is 30.4 Å². The molecule has 3 N–H and O–H groups in total. The summed E-state index contributed by atoms with van der Waals surface area (Å²) in [6.45, 7) is 1.61. The number of carbonyl (C=O) groups is 1. The molecule has 2 fully saturated rings. The lowest BCUT2D eigenvalue weighted by molar-refractivity contribution is -0.137. The second kappa shape index (κ2) is 12.3. The molecule has 9 heteroatoms. The Morgan fingerprint density at radius 1 is 0.925 bits per heavy atom. The molecule has 1 aromatic heterocycles. The van der Waals surface area contributed by atoms with Gasteiger partial charge in [0.25, 0.3) is 5.91 Å². The summed E-state index contributed by atoms with van der Waals surface area (Å²) in [4.78, 5) is 18.9. The third kappa shape index (κ3) is 6.75. The molecule has 6 nitrogen and oxygen atoms in total. The molecule has 1 aliphatic carbocycles. The van der Waals surface area contributed by atoms with Crippen molar-refractivity contribution in [3.8, 4) is 11.1 Å². The van der Waals surface area contributed by atoms with Gasteiger partial charge in [0, 0.05) is 55.7 Å². The van der Waals surface area contributed by atoms with Crippen LogP contribution in [-0.2, 0) is 6.18 Å². The fourth-order valence-electron chi connectivity index (χ4n) is 5.88. The molecule has 2 heterocycles. The van der Waals surface area contributed by atoms with E-state index in [4.69, 9.17) is 0 Å². The monoisotopic (exact) mass is 551 g/mol. The quantitative estimate of drug-likeness (QED) is 0.331. The highest BCUT2D eigenvalue weighted by Crippen LogP contribution is 2.32. The van der Waals surface area contributed by atoms with E-state index in [0.29, 0.717) is 5.56 Å². The fourth-order valence-corrected chi connectivity index (χ4v) is 5.88. The molecule has 3 aromatic rings. The summed E-state index contributed by atoms with van der Waals surface area (Å²) in [5.74, 6) is 0.682. The number of nitrogens with one attached hydrogen (secondary N) is 3. The van der Waals surface area contributed by atoms with Crippen molar-refractivity contribution in [3.63, 3.8) is 0 Å². The molecule has 0 unspecified atom stereocenters. The van der Waals surface area contributed by atoms with E-state index >= 15 is 0 Å². The van der Waals surface area contributed by atoms with Crippen LogP contribution < -0.4 is 20.9 Å². The Labute approximate surface area is 233 Å². The summed E-state index contributed by atoms with van der Waals surface area (Å²) in [6.07, 6.45) is 3.89. The summed E-state index contributed by atoms with van der Waals surface area (Å²) in [5, 5.41) is 10.2. The number of aromatic nitrogens is 1. The number of hydrogen-bond donors (Lipinski definition) is 3. The van der Waals surface area contributed by atoms with Gasteiger partial charge in [-0.3, -0.25) is 4.79 Å². The molecule has 3 atom stereocenters. The van der Waals surface area contributed by atoms with Crippen LogP contribution in [0.3, 0.4) is 0 Å². The van der Waals surface area contributed by atoms with E-state index in [1.807, 2.05) is 30.3 Å². The van der Waals surface area contributed by atoms with E-state index in [9.17, 15) is 18.0 Å². The molecule has 5 rings (SSSR count). The Morgan fingerprint density at radius 2 is 1.68 bits per heavy atom. The van der Waals surface area contributed by atoms with Crippen molar-refractivity contribution in [1.29, 1.82) is 0 Å². The number of alkyl halides is 3. The number of piperidine rings is 1. The lowest BCUT2D eigenvalue weighted by Crippen LogP contribution is -2.55. The van der Waals surface area contributed by atoms with Crippen LogP contribution in [0.1, 0.15) is 54.4 Å². The van der Waals surface area contributed by atoms with Crippen LogP contribution in [0.5, 0.6) is 0 Å². The summed E-state index contributed by atoms with van der Waals surface area (Å²) >= 11 is 0. The maximum atomic E-state index is 13.0. The molecule has 0 bridgehead atoms. The second-order valence-corrected chi connectivity index (χ2v) is 10.7. The Balaban J connectivity index is 1.24. The van der Waals surface area contributed by atoms with Crippen LogP contribution in [0.25, 0.3) is 11.1 Å². The Kier molecular flexibility index (Phi) is 8.59. The van der Waals surface area contributed by atoms with Crippen molar-refractivity contribution < 1.29 is 18.0 Å². The van der Waals surface area contributed by atoms with Crippen LogP contribution in [0.4, 0.5) is 24.7 Å². The first-order valence-corrected chi connectivity index (χ1v) is 14.0. The number of rotatable bonds is 7. The lowest BCUT2D eigenvalue weighted by Gasteiger charge is -2.40. The minimum Gasteiger partial charge on any atom is -0.370 e. The van der Waals surface area contributed by atoms with Crippen molar-refractivity contribution in [1.82, 2.24) is 15.6 Å². The second-order valence-electron chi connectivity index (χ2n) is 10.7. The zero-order valence-corrected chi connectivity index (χ0v) is 22.7. The summed E-state index contributed by atoms with van der Waals surface area (Å²) in [7, 11) is 1.62. The highest BCUT2D eigenvalue weighted by Gasteiger charge is 2.32. The van der Waals surface area contributed by atoms with Crippen molar-refractivity contribution in [2.45, 2.75) is 62.8 Å². The molecule has 1 saturated carbocycles. The first-order chi connectivity index (χ1) is 19.3. The summed E-state index contributed by atoms with van der Waals surface area (Å²) < 4.78 is 39.0. The van der Waals surface area contributed by atoms with E-state index in [0.717, 1.165) is 74.2 Å². The largest absolute Gasteiger partial charge is 0.416 e. The van der Waals surface area contributed by atoms with Crippen LogP contribution in [0.15, 0.2) is 66.9 Å². The molecule has 40 heavy (non-hydrogen) atoms. The Morgan fingerprint density at radius 3 is 2.42 bits per heavy atom. The highest BCUT2D eigenvalue weighted by atomic mass is 19.4. The molecule has 0 radical (unpaired) electrons. The van der Waals surface area contributed by atoms with E-state index in [2.05, 4.69) is 25.8 Å². The van der Waals surface area contributed by atoms with Crippen molar-refractivity contribution >= 4 is 17.4 Å². The van der Waals surface area contributed by atoms with Gasteiger partial charge in [-0.1, -0.05) is 25.0 Å². The molecule has 1 aliphatic heterocycles. The number of anilines is 2. The predicted molar refractivity (Wildman–Crippen MR) is 153 cm³/mol. The van der Waals surface area contributed by atoms with Crippen molar-refractivity contribution in [3.05, 3.63) is 78.0 Å². The van der Waals surface area contributed by atoms with Gasteiger partial charge >= 0.3 is 6.18 Å². The number of hydrogen-bond acceptors (Lipinski definition) is 5. The van der Waals surface area contributed by atoms with Crippen LogP contribution in [0, 0.1) is 0 Å². The Bertz CT molecular complexity index is 1300. The smallest absolute Gasteiger partial charge is 0.370 e. The minimum absolute atomic E-state index is 0.120. The Hall–Kier alpha value is -3.59. The average molecular weight is 552 g/mol. The molecule has 1 amide bonds. The van der Waals surface area contributed by atoms with E-state index in [1.165, 1.54) is 12.1 Å². The number of nitrogens with zero attached hydrogens (tertiary/aromatic N) is 2. The maximum absolute atomic E-state index is 13.0. The van der Waals surface area contributed by atoms with Crippen LogP contribution in [0.2, 0.25) is 0 Å². The van der Waals surface area contributed by atoms with Gasteiger partial charge in [-0.2, -0.15) is 13.2 Å². The SMILES string of the molecule is CNC(=O)c1cccc(-c2ccnc(N[C@@H]3CCCC[C@H]3N[C@H]3CCCN(c4ccc(C(F)(F)F)cc4)C3)c2)c1. The molecular weight excluding hydrogens is 515 g/mol. The summed E-state index contributed by atoms with van der Waals surface area (Å²) in [5.41, 5.74) is 2.77. The van der Waals surface area contributed by atoms with Crippen LogP contribution >= 0.6 is 0 Å². The maximum Gasteiger partial charge on any atom is 0.416 e. The van der Waals surface area contributed by atoms with Gasteiger partial charge in [0.05, 0.1) is 5.56 Å². The standard InChI is InChI=1S/C31H36F3N5O/c1-35-30(40)23-7-4-6-21(18-23)22-15-16-36-29(19-22)38-28-10-3-2-9-27(28)37-25-8-5-17-39(20-25)26-13-11-24(12-14-26)31(32,33)34/h4,6-7,11-16,18-19,25,27-28,37H,2-3,5,8-10,17,20H2,1H3,(H,35,40)(H,36,38)/t25-,27+,28+/m0/s1. The zero-order chi connectivity index (χ0) is 28.1. The number of benzene rings is 2. The normalized spacial score (nSPS) is 21.6. The third-order valence-corrected chi connectivity index (χ3v) is 7.98. The first-order valence-electron chi connectivity index (χ1n) is 14.0. The van der Waals surface area contributed by atoms with Gasteiger partial charge in [0.2, 0.25) is 0 Å². The van der Waals surface area contributed by atoms with E-state index in [-0.39, 0.29) is 24.0 Å². The molecule has 2 aromatic carbocycles. The predicted octanol–water partition coefficient (Wildman–Crippen LogP) is 6.11. The third-order valence-electron chi connectivity index (χ3n) is 7.98. The van der Waals surface area contributed by atoms with Gasteiger partial charge in [0.1, 0.15) is 5.82 Å². The highest BCUT2D eigenvalue weighted by molar-refractivity contribution is 5.95. The number of amides is 1. The number of pyridine rings is 1. The first kappa shape index (κ1) is 28.0. The van der Waals surface area contributed by atoms with Gasteiger partial charge in [-0.05, 0) is 85.3 Å². The van der Waals surface area contributed by atoms with E-state index < -0.39 is 11.7 Å². The number of carbonyl (C=O) groups excluding carboxylic acids is 1. The molecule has 2 aliphatic rings. The molecule has 0 spiro atoms. The number of halogens is 3. The van der Waals surface area contributed by atoms with Gasteiger partial charge in [-0.25, -0.2) is 4.98 Å². The molecular formula is C31H36F3N5O. The lowest BCUT2D eigenvalue weighted by atomic mass is 9.89. The fraction of sp³-hybridized carbons (Fsp3) is 0.419.